The zero-order valence-electron chi connectivity index (χ0n) is 14.3. The highest BCUT2D eigenvalue weighted by molar-refractivity contribution is 5.96. The molecule has 0 spiro atoms. The predicted octanol–water partition coefficient (Wildman–Crippen LogP) is 2.78. The molecule has 1 atom stereocenters. The number of furan rings is 1. The second-order valence-electron chi connectivity index (χ2n) is 6.10. The molecule has 0 radical (unpaired) electrons. The standard InChI is InChI=1S/C17H24N2O4/c1-6-7-14-15(11(3)19-23-14)16(20)18-9-17(5,21)13-8-10(2)22-12(13)4/h8,21H,6-7,9H2,1-5H3,(H,18,20)/t17-/m0/s1. The van der Waals surface area contributed by atoms with E-state index in [1.54, 1.807) is 26.8 Å². The van der Waals surface area contributed by atoms with Crippen LogP contribution in [-0.4, -0.2) is 22.7 Å². The van der Waals surface area contributed by atoms with E-state index in [1.807, 2.05) is 13.8 Å². The molecule has 0 aliphatic carbocycles. The van der Waals surface area contributed by atoms with Crippen LogP contribution in [0.5, 0.6) is 0 Å². The molecule has 126 valence electrons. The summed E-state index contributed by atoms with van der Waals surface area (Å²) >= 11 is 0. The van der Waals surface area contributed by atoms with Crippen molar-refractivity contribution >= 4 is 5.91 Å². The molecule has 23 heavy (non-hydrogen) atoms. The Balaban J connectivity index is 2.12. The molecule has 6 nitrogen and oxygen atoms in total. The Hall–Kier alpha value is -2.08. The fourth-order valence-electron chi connectivity index (χ4n) is 2.71. The van der Waals surface area contributed by atoms with E-state index in [9.17, 15) is 9.90 Å². The quantitative estimate of drug-likeness (QED) is 0.854. The van der Waals surface area contributed by atoms with Crippen LogP contribution in [-0.2, 0) is 12.0 Å². The van der Waals surface area contributed by atoms with Gasteiger partial charge in [-0.05, 0) is 40.2 Å². The van der Waals surface area contributed by atoms with Gasteiger partial charge in [-0.15, -0.1) is 0 Å². The molecule has 2 N–H and O–H groups in total. The Morgan fingerprint density at radius 3 is 2.65 bits per heavy atom. The van der Waals surface area contributed by atoms with Crippen molar-refractivity contribution in [2.24, 2.45) is 0 Å². The lowest BCUT2D eigenvalue weighted by molar-refractivity contribution is 0.0513. The first-order valence-corrected chi connectivity index (χ1v) is 7.79. The minimum atomic E-state index is -1.21. The second-order valence-corrected chi connectivity index (χ2v) is 6.10. The number of aliphatic hydroxyl groups is 1. The molecule has 0 aliphatic rings. The molecular weight excluding hydrogens is 296 g/mol. The van der Waals surface area contributed by atoms with Crippen LogP contribution in [0.2, 0.25) is 0 Å². The summed E-state index contributed by atoms with van der Waals surface area (Å²) in [5, 5.41) is 17.3. The summed E-state index contributed by atoms with van der Waals surface area (Å²) in [6.45, 7) is 9.08. The van der Waals surface area contributed by atoms with Crippen LogP contribution < -0.4 is 5.32 Å². The molecule has 0 aromatic carbocycles. The summed E-state index contributed by atoms with van der Waals surface area (Å²) in [5.41, 5.74) is 0.475. The van der Waals surface area contributed by atoms with Crippen molar-refractivity contribution in [1.29, 1.82) is 0 Å². The molecule has 0 unspecified atom stereocenters. The number of rotatable bonds is 6. The van der Waals surface area contributed by atoms with E-state index in [0.29, 0.717) is 34.8 Å². The monoisotopic (exact) mass is 320 g/mol. The molecule has 2 aromatic rings. The van der Waals surface area contributed by atoms with Crippen LogP contribution in [0.3, 0.4) is 0 Å². The minimum Gasteiger partial charge on any atom is -0.466 e. The average Bonchev–Trinajstić information content (AvgIpc) is 3.00. The Kier molecular flexibility index (Phi) is 4.94. The van der Waals surface area contributed by atoms with Gasteiger partial charge in [0.25, 0.3) is 5.91 Å². The maximum absolute atomic E-state index is 12.4. The molecule has 6 heteroatoms. The number of amides is 1. The highest BCUT2D eigenvalue weighted by Gasteiger charge is 2.29. The molecule has 0 bridgehead atoms. The van der Waals surface area contributed by atoms with Crippen LogP contribution in [0.4, 0.5) is 0 Å². The van der Waals surface area contributed by atoms with Crippen LogP contribution in [0.25, 0.3) is 0 Å². The van der Waals surface area contributed by atoms with Crippen LogP contribution >= 0.6 is 0 Å². The highest BCUT2D eigenvalue weighted by Crippen LogP contribution is 2.26. The molecule has 0 aliphatic heterocycles. The number of hydrogen-bond acceptors (Lipinski definition) is 5. The molecule has 2 aromatic heterocycles. The molecular formula is C17H24N2O4. The number of carbonyl (C=O) groups excluding carboxylic acids is 1. The van der Waals surface area contributed by atoms with Crippen molar-refractivity contribution < 1.29 is 18.8 Å². The smallest absolute Gasteiger partial charge is 0.256 e. The normalized spacial score (nSPS) is 13.8. The fourth-order valence-corrected chi connectivity index (χ4v) is 2.71. The van der Waals surface area contributed by atoms with Crippen LogP contribution in [0, 0.1) is 20.8 Å². The van der Waals surface area contributed by atoms with Gasteiger partial charge in [-0.2, -0.15) is 0 Å². The largest absolute Gasteiger partial charge is 0.466 e. The van der Waals surface area contributed by atoms with E-state index >= 15 is 0 Å². The average molecular weight is 320 g/mol. The molecule has 1 amide bonds. The molecule has 0 fully saturated rings. The summed E-state index contributed by atoms with van der Waals surface area (Å²) in [4.78, 5) is 12.4. The van der Waals surface area contributed by atoms with Gasteiger partial charge in [0.15, 0.2) is 0 Å². The van der Waals surface area contributed by atoms with Crippen molar-refractivity contribution in [3.05, 3.63) is 40.2 Å². The van der Waals surface area contributed by atoms with E-state index in [0.717, 1.165) is 12.2 Å². The third-order valence-corrected chi connectivity index (χ3v) is 3.85. The Labute approximate surface area is 135 Å². The van der Waals surface area contributed by atoms with Gasteiger partial charge < -0.3 is 19.4 Å². The second kappa shape index (κ2) is 6.58. The lowest BCUT2D eigenvalue weighted by atomic mass is 9.96. The summed E-state index contributed by atoms with van der Waals surface area (Å²) in [7, 11) is 0. The molecule has 2 rings (SSSR count). The first-order valence-electron chi connectivity index (χ1n) is 7.79. The maximum atomic E-state index is 12.4. The van der Waals surface area contributed by atoms with Gasteiger partial charge >= 0.3 is 0 Å². The van der Waals surface area contributed by atoms with Gasteiger partial charge in [-0.1, -0.05) is 12.1 Å². The van der Waals surface area contributed by atoms with E-state index in [-0.39, 0.29) is 12.5 Å². The number of aromatic nitrogens is 1. The van der Waals surface area contributed by atoms with Crippen LogP contribution in [0.15, 0.2) is 15.0 Å². The topological polar surface area (TPSA) is 88.5 Å². The Morgan fingerprint density at radius 1 is 1.39 bits per heavy atom. The summed E-state index contributed by atoms with van der Waals surface area (Å²) < 4.78 is 10.7. The summed E-state index contributed by atoms with van der Waals surface area (Å²) in [5.74, 6) is 1.67. The van der Waals surface area contributed by atoms with Gasteiger partial charge in [0.2, 0.25) is 0 Å². The Bertz CT molecular complexity index is 698. The minimum absolute atomic E-state index is 0.0713. The third kappa shape index (κ3) is 3.64. The van der Waals surface area contributed by atoms with Gasteiger partial charge in [0.05, 0.1) is 12.2 Å². The van der Waals surface area contributed by atoms with Gasteiger partial charge in [0, 0.05) is 12.0 Å². The van der Waals surface area contributed by atoms with Crippen molar-refractivity contribution in [1.82, 2.24) is 10.5 Å². The fraction of sp³-hybridized carbons (Fsp3) is 0.529. The van der Waals surface area contributed by atoms with E-state index in [4.69, 9.17) is 8.94 Å². The number of aryl methyl sites for hydroxylation is 4. The lowest BCUT2D eigenvalue weighted by Crippen LogP contribution is -2.39. The third-order valence-electron chi connectivity index (χ3n) is 3.85. The summed E-state index contributed by atoms with van der Waals surface area (Å²) in [6, 6.07) is 1.79. The highest BCUT2D eigenvalue weighted by atomic mass is 16.5. The number of nitrogens with zero attached hydrogens (tertiary/aromatic N) is 1. The van der Waals surface area contributed by atoms with Crippen molar-refractivity contribution in [3.63, 3.8) is 0 Å². The zero-order chi connectivity index (χ0) is 17.2. The number of hydrogen-bond donors (Lipinski definition) is 2. The number of carbonyl (C=O) groups is 1. The maximum Gasteiger partial charge on any atom is 0.256 e. The number of nitrogens with one attached hydrogen (secondary N) is 1. The predicted molar refractivity (Wildman–Crippen MR) is 85.3 cm³/mol. The van der Waals surface area contributed by atoms with E-state index in [1.165, 1.54) is 0 Å². The van der Waals surface area contributed by atoms with Crippen LogP contribution in [0.1, 0.15) is 59.2 Å². The summed E-state index contributed by atoms with van der Waals surface area (Å²) in [6.07, 6.45) is 1.51. The van der Waals surface area contributed by atoms with Gasteiger partial charge in [-0.25, -0.2) is 0 Å². The zero-order valence-corrected chi connectivity index (χ0v) is 14.3. The van der Waals surface area contributed by atoms with Crippen molar-refractivity contribution in [2.45, 2.75) is 53.1 Å². The lowest BCUT2D eigenvalue weighted by Gasteiger charge is -2.23. The van der Waals surface area contributed by atoms with E-state index in [2.05, 4.69) is 10.5 Å². The SMILES string of the molecule is CCCc1onc(C)c1C(=O)NC[C@](C)(O)c1cc(C)oc1C. The van der Waals surface area contributed by atoms with E-state index < -0.39 is 5.60 Å². The van der Waals surface area contributed by atoms with Gasteiger partial charge in [-0.3, -0.25) is 4.79 Å². The molecule has 0 saturated carbocycles. The Morgan fingerprint density at radius 2 is 2.09 bits per heavy atom. The van der Waals surface area contributed by atoms with Gasteiger partial charge in [0.1, 0.15) is 28.4 Å². The molecule has 0 saturated heterocycles. The molecule has 2 heterocycles. The van der Waals surface area contributed by atoms with Crippen molar-refractivity contribution in [2.75, 3.05) is 6.54 Å². The van der Waals surface area contributed by atoms with Crippen molar-refractivity contribution in [3.8, 4) is 0 Å². The first-order chi connectivity index (χ1) is 10.8. The first kappa shape index (κ1) is 17.3.